The Bertz CT molecular complexity index is 533. The molecule has 0 heterocycles. The van der Waals surface area contributed by atoms with Gasteiger partial charge >= 0.3 is 5.97 Å². The summed E-state index contributed by atoms with van der Waals surface area (Å²) in [6, 6.07) is 4.28. The molecule has 0 fully saturated rings. The number of carbonyl (C=O) groups excluding carboxylic acids is 1. The number of hydrogen-bond acceptors (Lipinski definition) is 6. The average molecular weight is 361 g/mol. The molecule has 0 aliphatic heterocycles. The third-order valence-corrected chi connectivity index (χ3v) is 3.16. The summed E-state index contributed by atoms with van der Waals surface area (Å²) in [5.41, 5.74) is 4.60. The lowest BCUT2D eigenvalue weighted by Crippen LogP contribution is -2.47. The molecule has 2 N–H and O–H groups in total. The SMILES string of the molecule is CCOC(=O)C(C)(N)CCOc1cc(Br)cc([N+](=O)[O-])c1. The highest BCUT2D eigenvalue weighted by molar-refractivity contribution is 9.10. The number of rotatable bonds is 7. The molecule has 1 unspecified atom stereocenters. The quantitative estimate of drug-likeness (QED) is 0.454. The summed E-state index contributed by atoms with van der Waals surface area (Å²) in [7, 11) is 0. The van der Waals surface area contributed by atoms with Gasteiger partial charge in [-0.1, -0.05) is 15.9 Å². The van der Waals surface area contributed by atoms with Crippen molar-refractivity contribution in [3.63, 3.8) is 0 Å². The fourth-order valence-electron chi connectivity index (χ4n) is 1.52. The van der Waals surface area contributed by atoms with E-state index in [1.54, 1.807) is 19.9 Å². The number of ether oxygens (including phenoxy) is 2. The maximum absolute atomic E-state index is 11.6. The first-order valence-corrected chi connectivity index (χ1v) is 7.09. The molecule has 0 aliphatic carbocycles. The van der Waals surface area contributed by atoms with Crippen LogP contribution in [0.15, 0.2) is 22.7 Å². The van der Waals surface area contributed by atoms with Crippen molar-refractivity contribution in [3.05, 3.63) is 32.8 Å². The van der Waals surface area contributed by atoms with Gasteiger partial charge in [0.2, 0.25) is 0 Å². The van der Waals surface area contributed by atoms with Crippen molar-refractivity contribution in [1.29, 1.82) is 0 Å². The van der Waals surface area contributed by atoms with Gasteiger partial charge in [0.25, 0.3) is 5.69 Å². The van der Waals surface area contributed by atoms with Gasteiger partial charge in [-0.15, -0.1) is 0 Å². The number of esters is 1. The first-order valence-electron chi connectivity index (χ1n) is 6.30. The van der Waals surface area contributed by atoms with Crippen molar-refractivity contribution < 1.29 is 19.2 Å². The van der Waals surface area contributed by atoms with E-state index < -0.39 is 16.4 Å². The molecule has 0 amide bonds. The molecule has 116 valence electrons. The van der Waals surface area contributed by atoms with Gasteiger partial charge in [0.1, 0.15) is 11.3 Å². The number of nitro benzene ring substituents is 1. The van der Waals surface area contributed by atoms with Crippen LogP contribution in [-0.2, 0) is 9.53 Å². The molecular weight excluding hydrogens is 344 g/mol. The van der Waals surface area contributed by atoms with Crippen LogP contribution in [0.1, 0.15) is 20.3 Å². The molecule has 1 rings (SSSR count). The van der Waals surface area contributed by atoms with Crippen LogP contribution in [0.25, 0.3) is 0 Å². The second-order valence-electron chi connectivity index (χ2n) is 4.64. The highest BCUT2D eigenvalue weighted by atomic mass is 79.9. The summed E-state index contributed by atoms with van der Waals surface area (Å²) < 4.78 is 10.8. The number of benzene rings is 1. The molecular formula is C13H17BrN2O5. The molecule has 1 aromatic rings. The van der Waals surface area contributed by atoms with Crippen LogP contribution < -0.4 is 10.5 Å². The van der Waals surface area contributed by atoms with Gasteiger partial charge in [0, 0.05) is 17.0 Å². The summed E-state index contributed by atoms with van der Waals surface area (Å²) in [4.78, 5) is 21.8. The third-order valence-electron chi connectivity index (χ3n) is 2.70. The van der Waals surface area contributed by atoms with E-state index in [-0.39, 0.29) is 25.3 Å². The molecule has 0 spiro atoms. The van der Waals surface area contributed by atoms with Crippen molar-refractivity contribution in [2.24, 2.45) is 5.73 Å². The number of nitro groups is 1. The zero-order chi connectivity index (χ0) is 16.0. The van der Waals surface area contributed by atoms with Crippen LogP contribution in [-0.4, -0.2) is 29.6 Å². The summed E-state index contributed by atoms with van der Waals surface area (Å²) in [5.74, 6) is -0.176. The topological polar surface area (TPSA) is 105 Å². The highest BCUT2D eigenvalue weighted by Crippen LogP contribution is 2.26. The number of carbonyl (C=O) groups is 1. The maximum atomic E-state index is 11.6. The Kier molecular flexibility index (Phi) is 6.10. The first-order chi connectivity index (χ1) is 9.76. The second-order valence-corrected chi connectivity index (χ2v) is 5.55. The maximum Gasteiger partial charge on any atom is 0.325 e. The summed E-state index contributed by atoms with van der Waals surface area (Å²) >= 11 is 3.17. The minimum absolute atomic E-state index is 0.0831. The normalized spacial score (nSPS) is 13.3. The highest BCUT2D eigenvalue weighted by Gasteiger charge is 2.29. The fraction of sp³-hybridized carbons (Fsp3) is 0.462. The smallest absolute Gasteiger partial charge is 0.325 e. The van der Waals surface area contributed by atoms with E-state index in [1.807, 2.05) is 0 Å². The van der Waals surface area contributed by atoms with Crippen molar-refractivity contribution in [2.45, 2.75) is 25.8 Å². The largest absolute Gasteiger partial charge is 0.493 e. The van der Waals surface area contributed by atoms with E-state index in [2.05, 4.69) is 15.9 Å². The predicted molar refractivity (Wildman–Crippen MR) is 80.1 cm³/mol. The van der Waals surface area contributed by atoms with Gasteiger partial charge in [-0.25, -0.2) is 0 Å². The van der Waals surface area contributed by atoms with Gasteiger partial charge in [0.05, 0.1) is 24.2 Å². The zero-order valence-corrected chi connectivity index (χ0v) is 13.4. The van der Waals surface area contributed by atoms with Gasteiger partial charge in [-0.05, 0) is 19.9 Å². The van der Waals surface area contributed by atoms with Crippen molar-refractivity contribution in [2.75, 3.05) is 13.2 Å². The van der Waals surface area contributed by atoms with Crippen LogP contribution >= 0.6 is 15.9 Å². The monoisotopic (exact) mass is 360 g/mol. The Balaban J connectivity index is 2.64. The van der Waals surface area contributed by atoms with E-state index in [0.717, 1.165) is 0 Å². The lowest BCUT2D eigenvalue weighted by Gasteiger charge is -2.22. The molecule has 0 aliphatic rings. The molecule has 0 radical (unpaired) electrons. The molecule has 1 atom stereocenters. The van der Waals surface area contributed by atoms with E-state index in [0.29, 0.717) is 10.2 Å². The van der Waals surface area contributed by atoms with Gasteiger partial charge in [0.15, 0.2) is 0 Å². The van der Waals surface area contributed by atoms with E-state index in [1.165, 1.54) is 12.1 Å². The van der Waals surface area contributed by atoms with Crippen LogP contribution in [0.5, 0.6) is 5.75 Å². The Morgan fingerprint density at radius 2 is 2.14 bits per heavy atom. The van der Waals surface area contributed by atoms with E-state index in [4.69, 9.17) is 15.2 Å². The molecule has 7 nitrogen and oxygen atoms in total. The third kappa shape index (κ3) is 5.31. The Labute approximate surface area is 130 Å². The molecule has 8 heteroatoms. The van der Waals surface area contributed by atoms with Crippen LogP contribution in [0, 0.1) is 10.1 Å². The van der Waals surface area contributed by atoms with Crippen LogP contribution in [0.3, 0.4) is 0 Å². The number of non-ortho nitro benzene ring substituents is 1. The lowest BCUT2D eigenvalue weighted by atomic mass is 10.0. The van der Waals surface area contributed by atoms with Crippen LogP contribution in [0.2, 0.25) is 0 Å². The number of nitrogens with zero attached hydrogens (tertiary/aromatic N) is 1. The van der Waals surface area contributed by atoms with Gasteiger partial charge < -0.3 is 15.2 Å². The molecule has 0 saturated heterocycles. The predicted octanol–water partition coefficient (Wildman–Crippen LogP) is 2.41. The van der Waals surface area contributed by atoms with Crippen molar-refractivity contribution >= 4 is 27.6 Å². The van der Waals surface area contributed by atoms with Gasteiger partial charge in [-0.2, -0.15) is 0 Å². The number of hydrogen-bond donors (Lipinski definition) is 1. The molecule has 21 heavy (non-hydrogen) atoms. The van der Waals surface area contributed by atoms with E-state index in [9.17, 15) is 14.9 Å². The molecule has 0 bridgehead atoms. The van der Waals surface area contributed by atoms with Crippen molar-refractivity contribution in [3.8, 4) is 5.75 Å². The molecule has 0 aromatic heterocycles. The molecule has 0 saturated carbocycles. The lowest BCUT2D eigenvalue weighted by molar-refractivity contribution is -0.385. The Morgan fingerprint density at radius 1 is 1.48 bits per heavy atom. The summed E-state index contributed by atoms with van der Waals surface area (Å²) in [6.07, 6.45) is 0.228. The standard InChI is InChI=1S/C13H17BrN2O5/c1-3-20-12(17)13(2,15)4-5-21-11-7-9(14)6-10(8-11)16(18)19/h6-8H,3-5,15H2,1-2H3. The second kappa shape index (κ2) is 7.37. The minimum Gasteiger partial charge on any atom is -0.493 e. The fourth-order valence-corrected chi connectivity index (χ4v) is 1.98. The minimum atomic E-state index is -1.16. The van der Waals surface area contributed by atoms with Crippen molar-refractivity contribution in [1.82, 2.24) is 0 Å². The average Bonchev–Trinajstić information content (AvgIpc) is 2.38. The van der Waals surface area contributed by atoms with E-state index >= 15 is 0 Å². The zero-order valence-electron chi connectivity index (χ0n) is 11.8. The summed E-state index contributed by atoms with van der Waals surface area (Å²) in [6.45, 7) is 3.65. The Hall–Kier alpha value is -1.67. The number of nitrogens with two attached hydrogens (primary N) is 1. The van der Waals surface area contributed by atoms with Gasteiger partial charge in [-0.3, -0.25) is 14.9 Å². The Morgan fingerprint density at radius 3 is 2.71 bits per heavy atom. The molecule has 1 aromatic carbocycles. The number of halogens is 1. The first kappa shape index (κ1) is 17.4. The van der Waals surface area contributed by atoms with Crippen LogP contribution in [0.4, 0.5) is 5.69 Å². The summed E-state index contributed by atoms with van der Waals surface area (Å²) in [5, 5.41) is 10.7.